The van der Waals surface area contributed by atoms with Gasteiger partial charge in [0, 0.05) is 42.5 Å². The molecule has 1 aromatic heterocycles. The Morgan fingerprint density at radius 3 is 2.68 bits per heavy atom. The number of nitrogen functional groups attached to an aromatic ring is 1. The number of anilines is 1. The van der Waals surface area contributed by atoms with Crippen LogP contribution in [0.5, 0.6) is 5.75 Å². The first-order chi connectivity index (χ1) is 16.5. The van der Waals surface area contributed by atoms with Gasteiger partial charge in [-0.25, -0.2) is 4.98 Å². The van der Waals surface area contributed by atoms with Crippen molar-refractivity contribution in [2.45, 2.75) is 13.0 Å². The summed E-state index contributed by atoms with van der Waals surface area (Å²) in [6.07, 6.45) is 2.37. The Kier molecular flexibility index (Phi) is 7.38. The lowest BCUT2D eigenvalue weighted by atomic mass is 9.97. The van der Waals surface area contributed by atoms with Crippen LogP contribution in [-0.2, 0) is 17.8 Å². The zero-order chi connectivity index (χ0) is 23.9. The second-order valence-corrected chi connectivity index (χ2v) is 8.11. The van der Waals surface area contributed by atoms with E-state index < -0.39 is 5.91 Å². The Balaban J connectivity index is 1.56. The fraction of sp³-hybridized carbons (Fsp3) is 0.269. The van der Waals surface area contributed by atoms with E-state index in [0.717, 1.165) is 55.1 Å². The highest BCUT2D eigenvalue weighted by molar-refractivity contribution is 5.95. The number of aromatic nitrogens is 1. The van der Waals surface area contributed by atoms with Crippen LogP contribution in [0.3, 0.4) is 0 Å². The van der Waals surface area contributed by atoms with Crippen LogP contribution in [0, 0.1) is 11.3 Å². The number of pyridine rings is 1. The summed E-state index contributed by atoms with van der Waals surface area (Å²) in [5.41, 5.74) is 16.1. The van der Waals surface area contributed by atoms with Crippen LogP contribution in [0.1, 0.15) is 27.0 Å². The van der Waals surface area contributed by atoms with E-state index in [0.29, 0.717) is 23.3 Å². The second kappa shape index (κ2) is 10.8. The number of nitriles is 1. The van der Waals surface area contributed by atoms with E-state index in [-0.39, 0.29) is 12.4 Å². The van der Waals surface area contributed by atoms with Crippen molar-refractivity contribution in [1.82, 2.24) is 9.88 Å². The maximum atomic E-state index is 12.0. The molecule has 8 nitrogen and oxygen atoms in total. The van der Waals surface area contributed by atoms with Crippen molar-refractivity contribution in [1.29, 1.82) is 5.26 Å². The molecule has 174 valence electrons. The zero-order valence-corrected chi connectivity index (χ0v) is 18.9. The molecule has 0 aliphatic carbocycles. The molecular weight excluding hydrogens is 430 g/mol. The number of amides is 1. The van der Waals surface area contributed by atoms with Crippen LogP contribution in [0.25, 0.3) is 11.1 Å². The highest BCUT2D eigenvalue weighted by atomic mass is 16.5. The van der Waals surface area contributed by atoms with Crippen molar-refractivity contribution in [3.05, 3.63) is 77.0 Å². The number of benzene rings is 2. The van der Waals surface area contributed by atoms with E-state index >= 15 is 0 Å². The lowest BCUT2D eigenvalue weighted by Gasteiger charge is -2.26. The number of hydrogen-bond acceptors (Lipinski definition) is 7. The number of morpholine rings is 1. The summed E-state index contributed by atoms with van der Waals surface area (Å²) in [6.45, 7) is 4.22. The van der Waals surface area contributed by atoms with Crippen molar-refractivity contribution < 1.29 is 14.3 Å². The third-order valence-electron chi connectivity index (χ3n) is 5.91. The number of ether oxygens (including phenoxy) is 2. The molecule has 1 aliphatic rings. The smallest absolute Gasteiger partial charge is 0.248 e. The first-order valence-corrected chi connectivity index (χ1v) is 11.1. The second-order valence-electron chi connectivity index (χ2n) is 8.11. The number of primary amides is 1. The largest absolute Gasteiger partial charge is 0.485 e. The molecule has 1 saturated heterocycles. The van der Waals surface area contributed by atoms with Gasteiger partial charge < -0.3 is 20.9 Å². The first-order valence-electron chi connectivity index (χ1n) is 11.1. The number of hydrogen-bond donors (Lipinski definition) is 2. The summed E-state index contributed by atoms with van der Waals surface area (Å²) in [4.78, 5) is 18.6. The van der Waals surface area contributed by atoms with Gasteiger partial charge in [0.05, 0.1) is 24.8 Å². The van der Waals surface area contributed by atoms with Crippen LogP contribution in [-0.4, -0.2) is 48.6 Å². The average molecular weight is 458 g/mol. The predicted molar refractivity (Wildman–Crippen MR) is 129 cm³/mol. The number of nitrogens with two attached hydrogens (primary N) is 2. The minimum absolute atomic E-state index is 0.199. The zero-order valence-electron chi connectivity index (χ0n) is 18.9. The molecule has 8 heteroatoms. The molecule has 0 spiro atoms. The SMILES string of the molecule is N#Cc1ccccc1COc1cc(-c2ccc(C(N)=O)c(CCN3CCOCC3)c2)cnc1N. The third-order valence-corrected chi connectivity index (χ3v) is 5.91. The number of rotatable bonds is 8. The van der Waals surface area contributed by atoms with Crippen LogP contribution in [0.15, 0.2) is 54.7 Å². The molecule has 0 radical (unpaired) electrons. The third kappa shape index (κ3) is 5.52. The monoisotopic (exact) mass is 457 g/mol. The number of carbonyl (C=O) groups excluding carboxylic acids is 1. The number of nitrogens with zero attached hydrogens (tertiary/aromatic N) is 3. The maximum absolute atomic E-state index is 12.0. The Morgan fingerprint density at radius 2 is 1.91 bits per heavy atom. The molecule has 4 rings (SSSR count). The molecule has 1 fully saturated rings. The van der Waals surface area contributed by atoms with Gasteiger partial charge >= 0.3 is 0 Å². The first kappa shape index (κ1) is 23.2. The summed E-state index contributed by atoms with van der Waals surface area (Å²) in [6, 6.07) is 16.8. The topological polar surface area (TPSA) is 127 Å². The Labute approximate surface area is 198 Å². The van der Waals surface area contributed by atoms with Gasteiger partial charge in [0.2, 0.25) is 5.91 Å². The summed E-state index contributed by atoms with van der Waals surface area (Å²) < 4.78 is 11.3. The van der Waals surface area contributed by atoms with Crippen molar-refractivity contribution in [2.24, 2.45) is 5.73 Å². The van der Waals surface area contributed by atoms with Crippen LogP contribution >= 0.6 is 0 Å². The minimum atomic E-state index is -0.445. The fourth-order valence-electron chi connectivity index (χ4n) is 3.96. The van der Waals surface area contributed by atoms with Crippen molar-refractivity contribution in [3.8, 4) is 22.9 Å². The quantitative estimate of drug-likeness (QED) is 0.532. The standard InChI is InChI=1S/C26H27N5O3/c27-15-20-3-1-2-4-21(20)17-34-24-14-22(16-30-25(24)28)18-5-6-23(26(29)32)19(13-18)7-8-31-9-11-33-12-10-31/h1-6,13-14,16H,7-12,17H2,(H2,28,30)(H2,29,32). The van der Waals surface area contributed by atoms with Gasteiger partial charge in [0.15, 0.2) is 11.6 Å². The van der Waals surface area contributed by atoms with Gasteiger partial charge in [-0.05, 0) is 35.7 Å². The van der Waals surface area contributed by atoms with Crippen LogP contribution in [0.4, 0.5) is 5.82 Å². The lowest BCUT2D eigenvalue weighted by Crippen LogP contribution is -2.37. The molecular formula is C26H27N5O3. The highest BCUT2D eigenvalue weighted by Gasteiger charge is 2.15. The summed E-state index contributed by atoms with van der Waals surface area (Å²) in [5, 5.41) is 9.29. The molecule has 0 saturated carbocycles. The molecule has 2 heterocycles. The fourth-order valence-corrected chi connectivity index (χ4v) is 3.96. The molecule has 4 N–H and O–H groups in total. The molecule has 1 aliphatic heterocycles. The Bertz CT molecular complexity index is 1220. The predicted octanol–water partition coefficient (Wildman–Crippen LogP) is 2.76. The molecule has 0 atom stereocenters. The normalized spacial score (nSPS) is 13.9. The number of carbonyl (C=O) groups is 1. The van der Waals surface area contributed by atoms with Crippen molar-refractivity contribution in [2.75, 3.05) is 38.6 Å². The molecule has 0 unspecified atom stereocenters. The van der Waals surface area contributed by atoms with E-state index in [1.54, 1.807) is 18.3 Å². The maximum Gasteiger partial charge on any atom is 0.248 e. The summed E-state index contributed by atoms with van der Waals surface area (Å²) >= 11 is 0. The average Bonchev–Trinajstić information content (AvgIpc) is 2.87. The van der Waals surface area contributed by atoms with Gasteiger partial charge in [0.25, 0.3) is 0 Å². The molecule has 34 heavy (non-hydrogen) atoms. The van der Waals surface area contributed by atoms with Crippen LogP contribution < -0.4 is 16.2 Å². The van der Waals surface area contributed by atoms with E-state index in [1.165, 1.54) is 0 Å². The minimum Gasteiger partial charge on any atom is -0.485 e. The molecule has 0 bridgehead atoms. The Hall–Kier alpha value is -3.93. The van der Waals surface area contributed by atoms with Gasteiger partial charge in [-0.15, -0.1) is 0 Å². The molecule has 1 amide bonds. The van der Waals surface area contributed by atoms with Gasteiger partial charge in [-0.2, -0.15) is 5.26 Å². The van der Waals surface area contributed by atoms with E-state index in [1.807, 2.05) is 36.4 Å². The summed E-state index contributed by atoms with van der Waals surface area (Å²) in [7, 11) is 0. The molecule has 2 aromatic carbocycles. The van der Waals surface area contributed by atoms with Crippen molar-refractivity contribution in [3.63, 3.8) is 0 Å². The van der Waals surface area contributed by atoms with Gasteiger partial charge in [0.1, 0.15) is 6.61 Å². The van der Waals surface area contributed by atoms with E-state index in [2.05, 4.69) is 16.0 Å². The van der Waals surface area contributed by atoms with Crippen molar-refractivity contribution >= 4 is 11.7 Å². The summed E-state index contributed by atoms with van der Waals surface area (Å²) in [5.74, 6) is 0.248. The Morgan fingerprint density at radius 1 is 1.12 bits per heavy atom. The molecule has 3 aromatic rings. The van der Waals surface area contributed by atoms with Gasteiger partial charge in [-0.3, -0.25) is 9.69 Å². The lowest BCUT2D eigenvalue weighted by molar-refractivity contribution is 0.0384. The van der Waals surface area contributed by atoms with E-state index in [9.17, 15) is 10.1 Å². The van der Waals surface area contributed by atoms with Gasteiger partial charge in [-0.1, -0.05) is 30.3 Å². The van der Waals surface area contributed by atoms with E-state index in [4.69, 9.17) is 20.9 Å². The highest BCUT2D eigenvalue weighted by Crippen LogP contribution is 2.29. The van der Waals surface area contributed by atoms with Crippen LogP contribution in [0.2, 0.25) is 0 Å².